The molecule has 17 heavy (non-hydrogen) atoms. The van der Waals surface area contributed by atoms with Gasteiger partial charge in [0.25, 0.3) is 0 Å². The van der Waals surface area contributed by atoms with Gasteiger partial charge in [0.2, 0.25) is 0 Å². The molecule has 0 amide bonds. The molecular weight excluding hydrogens is 210 g/mol. The van der Waals surface area contributed by atoms with E-state index >= 15 is 0 Å². The number of rotatable bonds is 3. The smallest absolute Gasteiger partial charge is 0.0947 e. The van der Waals surface area contributed by atoms with E-state index in [1.54, 1.807) is 0 Å². The number of benzene rings is 1. The van der Waals surface area contributed by atoms with Crippen molar-refractivity contribution in [3.05, 3.63) is 35.4 Å². The first kappa shape index (κ1) is 12.6. The zero-order valence-electron chi connectivity index (χ0n) is 10.9. The van der Waals surface area contributed by atoms with E-state index in [1.165, 1.54) is 12.0 Å². The second-order valence-electron chi connectivity index (χ2n) is 5.08. The van der Waals surface area contributed by atoms with E-state index in [4.69, 9.17) is 0 Å². The molecule has 0 aliphatic heterocycles. The Labute approximate surface area is 104 Å². The molecule has 1 aromatic carbocycles. The first-order chi connectivity index (χ1) is 8.24. The Morgan fingerprint density at radius 3 is 2.88 bits per heavy atom. The first-order valence-corrected chi connectivity index (χ1v) is 6.70. The van der Waals surface area contributed by atoms with Crippen LogP contribution in [-0.4, -0.2) is 29.6 Å². The predicted molar refractivity (Wildman–Crippen MR) is 71.0 cm³/mol. The highest BCUT2D eigenvalue weighted by molar-refractivity contribution is 5.31. The summed E-state index contributed by atoms with van der Waals surface area (Å²) in [4.78, 5) is 2.31. The lowest BCUT2D eigenvalue weighted by molar-refractivity contribution is 0.0594. The van der Waals surface area contributed by atoms with E-state index in [1.807, 2.05) is 6.07 Å². The summed E-state index contributed by atoms with van der Waals surface area (Å²) >= 11 is 0. The van der Waals surface area contributed by atoms with E-state index in [0.717, 1.165) is 31.4 Å². The van der Waals surface area contributed by atoms with E-state index < -0.39 is 0 Å². The fraction of sp³-hybridized carbons (Fsp3) is 0.600. The summed E-state index contributed by atoms with van der Waals surface area (Å²) in [6.07, 6.45) is 4.18. The van der Waals surface area contributed by atoms with E-state index in [-0.39, 0.29) is 12.1 Å². The Bertz CT molecular complexity index is 364. The minimum atomic E-state index is -0.328. The van der Waals surface area contributed by atoms with Crippen LogP contribution in [0.4, 0.5) is 0 Å². The standard InChI is InChI=1S/C15H23NO/c1-3-11-16(2)14-10-6-8-12-7-4-5-9-13(12)15(14)17/h4-5,7,9,14-15,17H,3,6,8,10-11H2,1-2H3. The fourth-order valence-electron chi connectivity index (χ4n) is 2.90. The number of hydrogen-bond acceptors (Lipinski definition) is 2. The summed E-state index contributed by atoms with van der Waals surface area (Å²) in [7, 11) is 2.13. The summed E-state index contributed by atoms with van der Waals surface area (Å²) in [5, 5.41) is 10.6. The monoisotopic (exact) mass is 233 g/mol. The van der Waals surface area contributed by atoms with E-state index in [0.29, 0.717) is 0 Å². The largest absolute Gasteiger partial charge is 0.387 e. The summed E-state index contributed by atoms with van der Waals surface area (Å²) < 4.78 is 0. The van der Waals surface area contributed by atoms with Gasteiger partial charge >= 0.3 is 0 Å². The van der Waals surface area contributed by atoms with Crippen LogP contribution in [-0.2, 0) is 6.42 Å². The Morgan fingerprint density at radius 2 is 2.12 bits per heavy atom. The highest BCUT2D eigenvalue weighted by atomic mass is 16.3. The first-order valence-electron chi connectivity index (χ1n) is 6.70. The zero-order chi connectivity index (χ0) is 12.3. The molecule has 0 aromatic heterocycles. The maximum absolute atomic E-state index is 10.6. The molecule has 2 rings (SSSR count). The summed E-state index contributed by atoms with van der Waals surface area (Å²) in [6, 6.07) is 8.61. The minimum Gasteiger partial charge on any atom is -0.387 e. The van der Waals surface area contributed by atoms with Crippen LogP contribution in [0.15, 0.2) is 24.3 Å². The van der Waals surface area contributed by atoms with Crippen molar-refractivity contribution in [2.75, 3.05) is 13.6 Å². The SMILES string of the molecule is CCCN(C)C1CCCc2ccccc2C1O. The van der Waals surface area contributed by atoms with Gasteiger partial charge in [-0.2, -0.15) is 0 Å². The molecule has 1 aliphatic rings. The minimum absolute atomic E-state index is 0.276. The van der Waals surface area contributed by atoms with Gasteiger partial charge in [-0.1, -0.05) is 31.2 Å². The molecule has 2 nitrogen and oxygen atoms in total. The molecule has 2 unspecified atom stereocenters. The molecule has 0 heterocycles. The molecule has 0 saturated carbocycles. The summed E-state index contributed by atoms with van der Waals surface area (Å²) in [5.74, 6) is 0. The second kappa shape index (κ2) is 5.65. The van der Waals surface area contributed by atoms with Gasteiger partial charge in [-0.05, 0) is 50.4 Å². The maximum Gasteiger partial charge on any atom is 0.0947 e. The van der Waals surface area contributed by atoms with Gasteiger partial charge in [0.05, 0.1) is 6.10 Å². The molecule has 0 radical (unpaired) electrons. The van der Waals surface area contributed by atoms with Crippen molar-refractivity contribution >= 4 is 0 Å². The topological polar surface area (TPSA) is 23.5 Å². The molecule has 0 spiro atoms. The van der Waals surface area contributed by atoms with Gasteiger partial charge in [0, 0.05) is 6.04 Å². The van der Waals surface area contributed by atoms with Crippen molar-refractivity contribution in [3.63, 3.8) is 0 Å². The lowest BCUT2D eigenvalue weighted by Crippen LogP contribution is -2.36. The molecule has 0 bridgehead atoms. The summed E-state index contributed by atoms with van der Waals surface area (Å²) in [5.41, 5.74) is 2.46. The number of hydrogen-bond donors (Lipinski definition) is 1. The van der Waals surface area contributed by atoms with Crippen LogP contribution in [0.3, 0.4) is 0 Å². The highest BCUT2D eigenvalue weighted by Gasteiger charge is 2.28. The molecule has 1 N–H and O–H groups in total. The van der Waals surface area contributed by atoms with Crippen molar-refractivity contribution in [3.8, 4) is 0 Å². The van der Waals surface area contributed by atoms with Crippen LogP contribution in [0.5, 0.6) is 0 Å². The van der Waals surface area contributed by atoms with Crippen LogP contribution >= 0.6 is 0 Å². The van der Waals surface area contributed by atoms with Gasteiger partial charge in [-0.25, -0.2) is 0 Å². The number of aliphatic hydroxyl groups is 1. The molecule has 94 valence electrons. The van der Waals surface area contributed by atoms with Crippen LogP contribution in [0.1, 0.15) is 43.4 Å². The van der Waals surface area contributed by atoms with Crippen LogP contribution in [0.2, 0.25) is 0 Å². The normalized spacial score (nSPS) is 24.5. The van der Waals surface area contributed by atoms with Crippen molar-refractivity contribution in [2.24, 2.45) is 0 Å². The van der Waals surface area contributed by atoms with Gasteiger partial charge in [0.15, 0.2) is 0 Å². The van der Waals surface area contributed by atoms with Gasteiger partial charge in [0.1, 0.15) is 0 Å². The number of aliphatic hydroxyl groups excluding tert-OH is 1. The van der Waals surface area contributed by atoms with E-state index in [2.05, 4.69) is 37.1 Å². The average molecular weight is 233 g/mol. The van der Waals surface area contributed by atoms with Crippen molar-refractivity contribution in [2.45, 2.75) is 44.8 Å². The van der Waals surface area contributed by atoms with Gasteiger partial charge in [-0.15, -0.1) is 0 Å². The maximum atomic E-state index is 10.6. The molecular formula is C15H23NO. The van der Waals surface area contributed by atoms with Crippen LogP contribution in [0.25, 0.3) is 0 Å². The molecule has 0 fully saturated rings. The molecule has 1 aromatic rings. The Morgan fingerprint density at radius 1 is 1.35 bits per heavy atom. The quantitative estimate of drug-likeness (QED) is 0.811. The number of nitrogens with zero attached hydrogens (tertiary/aromatic N) is 1. The Hall–Kier alpha value is -0.860. The molecule has 1 aliphatic carbocycles. The number of likely N-dealkylation sites (N-methyl/N-ethyl adjacent to an activating group) is 1. The molecule has 2 atom stereocenters. The van der Waals surface area contributed by atoms with Crippen LogP contribution < -0.4 is 0 Å². The van der Waals surface area contributed by atoms with E-state index in [9.17, 15) is 5.11 Å². The predicted octanol–water partition coefficient (Wildman–Crippen LogP) is 2.77. The fourth-order valence-corrected chi connectivity index (χ4v) is 2.90. The van der Waals surface area contributed by atoms with Crippen LogP contribution in [0, 0.1) is 0 Å². The molecule has 2 heteroatoms. The number of aryl methyl sites for hydroxylation is 1. The van der Waals surface area contributed by atoms with Crippen molar-refractivity contribution in [1.29, 1.82) is 0 Å². The average Bonchev–Trinajstić information content (AvgIpc) is 2.50. The van der Waals surface area contributed by atoms with Crippen molar-refractivity contribution in [1.82, 2.24) is 4.90 Å². The third-order valence-electron chi connectivity index (χ3n) is 3.83. The lowest BCUT2D eigenvalue weighted by Gasteiger charge is -2.31. The zero-order valence-corrected chi connectivity index (χ0v) is 10.9. The van der Waals surface area contributed by atoms with Gasteiger partial charge < -0.3 is 10.0 Å². The highest BCUT2D eigenvalue weighted by Crippen LogP contribution is 2.31. The summed E-state index contributed by atoms with van der Waals surface area (Å²) in [6.45, 7) is 3.25. The molecule has 0 saturated heterocycles. The Balaban J connectivity index is 2.22. The second-order valence-corrected chi connectivity index (χ2v) is 5.08. The lowest BCUT2D eigenvalue weighted by atomic mass is 9.98. The third kappa shape index (κ3) is 2.70. The Kier molecular flexibility index (Phi) is 4.19. The number of fused-ring (bicyclic) bond motifs is 1. The third-order valence-corrected chi connectivity index (χ3v) is 3.83. The van der Waals surface area contributed by atoms with Gasteiger partial charge in [-0.3, -0.25) is 0 Å². The van der Waals surface area contributed by atoms with Crippen molar-refractivity contribution < 1.29 is 5.11 Å².